The molecule has 3 atom stereocenters. The molecule has 0 aliphatic heterocycles. The number of nitrogens with one attached hydrogen (secondary N) is 1. The van der Waals surface area contributed by atoms with Crippen molar-refractivity contribution in [3.05, 3.63) is 76.7 Å². The molecule has 0 spiro atoms. The minimum Gasteiger partial charge on any atom is -0.389 e. The van der Waals surface area contributed by atoms with E-state index in [1.807, 2.05) is 31.2 Å². The van der Waals surface area contributed by atoms with E-state index in [4.69, 9.17) is 0 Å². The first kappa shape index (κ1) is 20.9. The molecule has 1 aliphatic rings. The zero-order valence-electron chi connectivity index (χ0n) is 17.1. The Morgan fingerprint density at radius 3 is 2.28 bits per heavy atom. The predicted octanol–water partition coefficient (Wildman–Crippen LogP) is 4.53. The summed E-state index contributed by atoms with van der Waals surface area (Å²) in [7, 11) is 0. The van der Waals surface area contributed by atoms with Crippen LogP contribution >= 0.6 is 0 Å². The molecule has 3 rings (SSSR count). The van der Waals surface area contributed by atoms with Crippen molar-refractivity contribution in [2.45, 2.75) is 45.6 Å². The Morgan fingerprint density at radius 1 is 1.10 bits per heavy atom. The number of hydrogen-bond donors (Lipinski definition) is 2. The van der Waals surface area contributed by atoms with Gasteiger partial charge in [0.25, 0.3) is 0 Å². The molecule has 2 aromatic rings. The number of aliphatic hydroxyl groups is 1. The first-order valence-electron chi connectivity index (χ1n) is 9.66. The lowest BCUT2D eigenvalue weighted by Gasteiger charge is -2.43. The van der Waals surface area contributed by atoms with E-state index in [-0.39, 0.29) is 23.6 Å². The minimum absolute atomic E-state index is 0.0883. The average Bonchev–Trinajstić information content (AvgIpc) is 2.62. The van der Waals surface area contributed by atoms with Crippen LogP contribution in [0.25, 0.3) is 0 Å². The second kappa shape index (κ2) is 7.91. The Labute approximate surface area is 170 Å². The van der Waals surface area contributed by atoms with E-state index in [1.165, 1.54) is 19.9 Å². The summed E-state index contributed by atoms with van der Waals surface area (Å²) in [5, 5.41) is 14.4. The number of rotatable bonds is 5. The van der Waals surface area contributed by atoms with Crippen molar-refractivity contribution in [2.24, 2.45) is 5.92 Å². The summed E-state index contributed by atoms with van der Waals surface area (Å²) in [6.07, 6.45) is 0.0883. The van der Waals surface area contributed by atoms with Crippen LogP contribution in [0.5, 0.6) is 0 Å². The average molecular weight is 395 g/mol. The SMILES string of the molecule is CC(=O)C1=C(Nc2ccc(C)cc2)C[C@@](C)(O)[C@H](C(C)=O)[C@@H]1c1ccccc1F. The third kappa shape index (κ3) is 4.15. The zero-order chi connectivity index (χ0) is 21.3. The molecule has 0 aromatic heterocycles. The lowest BCUT2D eigenvalue weighted by Crippen LogP contribution is -2.48. The minimum atomic E-state index is -1.44. The molecule has 0 saturated heterocycles. The molecule has 29 heavy (non-hydrogen) atoms. The molecule has 4 nitrogen and oxygen atoms in total. The maximum atomic E-state index is 14.8. The summed E-state index contributed by atoms with van der Waals surface area (Å²) in [5.74, 6) is -2.84. The zero-order valence-corrected chi connectivity index (χ0v) is 17.1. The quantitative estimate of drug-likeness (QED) is 0.780. The lowest BCUT2D eigenvalue weighted by molar-refractivity contribution is -0.131. The standard InChI is InChI=1S/C24H26FNO3/c1-14-9-11-17(12-10-14)26-20-13-24(4,29)23(16(3)28)22(21(20)15(2)27)18-7-5-6-8-19(18)25/h5-12,22-23,26,29H,13H2,1-4H3/t22-,23-,24-/m1/s1. The van der Waals surface area contributed by atoms with E-state index in [0.717, 1.165) is 11.3 Å². The molecule has 2 N–H and O–H groups in total. The van der Waals surface area contributed by atoms with Gasteiger partial charge in [0.15, 0.2) is 5.78 Å². The molecular weight excluding hydrogens is 369 g/mol. The molecule has 5 heteroatoms. The highest BCUT2D eigenvalue weighted by atomic mass is 19.1. The second-order valence-electron chi connectivity index (χ2n) is 8.06. The number of anilines is 1. The van der Waals surface area contributed by atoms with Crippen LogP contribution in [-0.4, -0.2) is 22.3 Å². The third-order valence-corrected chi connectivity index (χ3v) is 5.58. The summed E-state index contributed by atoms with van der Waals surface area (Å²) in [6.45, 7) is 6.34. The van der Waals surface area contributed by atoms with Crippen molar-refractivity contribution in [1.29, 1.82) is 0 Å². The van der Waals surface area contributed by atoms with Crippen LogP contribution in [0, 0.1) is 18.7 Å². The number of halogens is 1. The van der Waals surface area contributed by atoms with E-state index in [0.29, 0.717) is 11.3 Å². The summed E-state index contributed by atoms with van der Waals surface area (Å²) < 4.78 is 14.8. The summed E-state index contributed by atoms with van der Waals surface area (Å²) in [5.41, 5.74) is 1.49. The molecule has 0 heterocycles. The third-order valence-electron chi connectivity index (χ3n) is 5.58. The van der Waals surface area contributed by atoms with E-state index < -0.39 is 23.3 Å². The van der Waals surface area contributed by atoms with Crippen molar-refractivity contribution < 1.29 is 19.1 Å². The van der Waals surface area contributed by atoms with Crippen LogP contribution in [-0.2, 0) is 9.59 Å². The lowest BCUT2D eigenvalue weighted by atomic mass is 9.63. The Kier molecular flexibility index (Phi) is 5.71. The number of carbonyl (C=O) groups excluding carboxylic acids is 2. The highest BCUT2D eigenvalue weighted by molar-refractivity contribution is 5.98. The fourth-order valence-electron chi connectivity index (χ4n) is 4.37. The van der Waals surface area contributed by atoms with Crippen molar-refractivity contribution in [1.82, 2.24) is 0 Å². The van der Waals surface area contributed by atoms with Gasteiger partial charge < -0.3 is 10.4 Å². The van der Waals surface area contributed by atoms with Gasteiger partial charge in [0.05, 0.1) is 11.5 Å². The van der Waals surface area contributed by atoms with Gasteiger partial charge in [-0.3, -0.25) is 9.59 Å². The van der Waals surface area contributed by atoms with Crippen molar-refractivity contribution in [2.75, 3.05) is 5.32 Å². The number of hydrogen-bond acceptors (Lipinski definition) is 4. The Morgan fingerprint density at radius 2 is 1.72 bits per heavy atom. The van der Waals surface area contributed by atoms with Gasteiger partial charge in [-0.15, -0.1) is 0 Å². The molecule has 152 valence electrons. The molecule has 0 fully saturated rings. The van der Waals surface area contributed by atoms with Gasteiger partial charge in [-0.2, -0.15) is 0 Å². The Hall–Kier alpha value is -2.79. The number of ketones is 2. The largest absolute Gasteiger partial charge is 0.389 e. The normalized spacial score (nSPS) is 24.3. The number of carbonyl (C=O) groups is 2. The highest BCUT2D eigenvalue weighted by Gasteiger charge is 2.49. The summed E-state index contributed by atoms with van der Waals surface area (Å²) >= 11 is 0. The first-order chi connectivity index (χ1) is 13.6. The molecule has 0 amide bonds. The fourth-order valence-corrected chi connectivity index (χ4v) is 4.37. The maximum absolute atomic E-state index is 14.8. The van der Waals surface area contributed by atoms with Crippen molar-refractivity contribution in [3.63, 3.8) is 0 Å². The van der Waals surface area contributed by atoms with Crippen molar-refractivity contribution >= 4 is 17.3 Å². The number of aryl methyl sites for hydroxylation is 1. The van der Waals surface area contributed by atoms with Gasteiger partial charge in [-0.25, -0.2) is 4.39 Å². The topological polar surface area (TPSA) is 66.4 Å². The van der Waals surface area contributed by atoms with E-state index in [9.17, 15) is 19.1 Å². The van der Waals surface area contributed by atoms with Crippen LogP contribution in [0.4, 0.5) is 10.1 Å². The predicted molar refractivity (Wildman–Crippen MR) is 111 cm³/mol. The smallest absolute Gasteiger partial charge is 0.158 e. The van der Waals surface area contributed by atoms with E-state index in [1.54, 1.807) is 25.1 Å². The molecule has 0 radical (unpaired) electrons. The fraction of sp³-hybridized carbons (Fsp3) is 0.333. The van der Waals surface area contributed by atoms with Crippen LogP contribution < -0.4 is 5.32 Å². The van der Waals surface area contributed by atoms with E-state index >= 15 is 0 Å². The Balaban J connectivity index is 2.23. The number of allylic oxidation sites excluding steroid dienone is 1. The highest BCUT2D eigenvalue weighted by Crippen LogP contribution is 2.48. The van der Waals surface area contributed by atoms with Crippen LogP contribution in [0.1, 0.15) is 44.2 Å². The second-order valence-corrected chi connectivity index (χ2v) is 8.06. The number of Topliss-reactive ketones (excluding diaryl/α,β-unsaturated/α-hetero) is 2. The monoisotopic (exact) mass is 395 g/mol. The molecule has 0 unspecified atom stereocenters. The van der Waals surface area contributed by atoms with E-state index in [2.05, 4.69) is 5.32 Å². The number of benzene rings is 2. The molecule has 1 aliphatic carbocycles. The maximum Gasteiger partial charge on any atom is 0.158 e. The van der Waals surface area contributed by atoms with Crippen LogP contribution in [0.3, 0.4) is 0 Å². The summed E-state index contributed by atoms with van der Waals surface area (Å²) in [4.78, 5) is 25.3. The molecule has 2 aromatic carbocycles. The van der Waals surface area contributed by atoms with Gasteiger partial charge >= 0.3 is 0 Å². The van der Waals surface area contributed by atoms with Crippen molar-refractivity contribution in [3.8, 4) is 0 Å². The van der Waals surface area contributed by atoms with Gasteiger partial charge in [0.1, 0.15) is 11.6 Å². The van der Waals surface area contributed by atoms with Gasteiger partial charge in [0, 0.05) is 29.3 Å². The van der Waals surface area contributed by atoms with Crippen LogP contribution in [0.15, 0.2) is 59.8 Å². The summed E-state index contributed by atoms with van der Waals surface area (Å²) in [6, 6.07) is 13.7. The molecule has 0 saturated carbocycles. The van der Waals surface area contributed by atoms with Gasteiger partial charge in [-0.05, 0) is 51.5 Å². The van der Waals surface area contributed by atoms with Gasteiger partial charge in [-0.1, -0.05) is 35.9 Å². The molecule has 0 bridgehead atoms. The first-order valence-corrected chi connectivity index (χ1v) is 9.66. The Bertz CT molecular complexity index is 976. The molecular formula is C24H26FNO3. The van der Waals surface area contributed by atoms with Gasteiger partial charge in [0.2, 0.25) is 0 Å². The van der Waals surface area contributed by atoms with Crippen LogP contribution in [0.2, 0.25) is 0 Å².